The molecule has 2 N–H and O–H groups in total. The van der Waals surface area contributed by atoms with Gasteiger partial charge in [0.15, 0.2) is 0 Å². The van der Waals surface area contributed by atoms with E-state index in [9.17, 15) is 9.59 Å². The van der Waals surface area contributed by atoms with Crippen LogP contribution in [0.3, 0.4) is 0 Å². The quantitative estimate of drug-likeness (QED) is 0.675. The molecule has 0 bridgehead atoms. The van der Waals surface area contributed by atoms with Gasteiger partial charge in [-0.2, -0.15) is 0 Å². The molecule has 0 aliphatic rings. The lowest BCUT2D eigenvalue weighted by Crippen LogP contribution is -2.22. The highest BCUT2D eigenvalue weighted by molar-refractivity contribution is 9.10. The van der Waals surface area contributed by atoms with Crippen LogP contribution >= 0.6 is 15.9 Å². The summed E-state index contributed by atoms with van der Waals surface area (Å²) in [7, 11) is 0. The normalized spacial score (nSPS) is 10.3. The number of hydrogen-bond acceptors (Lipinski definition) is 3. The summed E-state index contributed by atoms with van der Waals surface area (Å²) in [4.78, 5) is 24.5. The summed E-state index contributed by atoms with van der Waals surface area (Å²) in [5.74, 6) is 0.199. The van der Waals surface area contributed by atoms with Crippen LogP contribution in [0.2, 0.25) is 0 Å². The van der Waals surface area contributed by atoms with Crippen molar-refractivity contribution < 1.29 is 14.0 Å². The van der Waals surface area contributed by atoms with Crippen LogP contribution in [0.15, 0.2) is 75.8 Å². The van der Waals surface area contributed by atoms with Crippen molar-refractivity contribution in [3.8, 4) is 0 Å². The molecule has 2 amide bonds. The standard InChI is InChI=1S/C19H15BrN2O3/c20-15-8-6-13(7-9-15)19(24)22-16-4-1-3-14(11-16)18(23)21-12-17-5-2-10-25-17/h1-11H,12H2,(H,21,23)(H,22,24). The van der Waals surface area contributed by atoms with Gasteiger partial charge in [-0.05, 0) is 54.6 Å². The van der Waals surface area contributed by atoms with Crippen LogP contribution in [0, 0.1) is 0 Å². The Kier molecular flexibility index (Phi) is 5.30. The predicted molar refractivity (Wildman–Crippen MR) is 98.4 cm³/mol. The molecule has 0 atom stereocenters. The van der Waals surface area contributed by atoms with Crippen LogP contribution in [0.25, 0.3) is 0 Å². The Morgan fingerprint density at radius 2 is 1.72 bits per heavy atom. The van der Waals surface area contributed by atoms with Crippen molar-refractivity contribution in [2.45, 2.75) is 6.54 Å². The molecule has 6 heteroatoms. The molecule has 0 fully saturated rings. The number of nitrogens with one attached hydrogen (secondary N) is 2. The zero-order valence-electron chi connectivity index (χ0n) is 13.2. The molecule has 1 aromatic heterocycles. The Morgan fingerprint density at radius 3 is 2.44 bits per heavy atom. The molecule has 25 heavy (non-hydrogen) atoms. The third-order valence-electron chi connectivity index (χ3n) is 3.49. The van der Waals surface area contributed by atoms with Gasteiger partial charge in [0.05, 0.1) is 12.8 Å². The van der Waals surface area contributed by atoms with E-state index in [0.717, 1.165) is 4.47 Å². The van der Waals surface area contributed by atoms with E-state index in [4.69, 9.17) is 4.42 Å². The van der Waals surface area contributed by atoms with Crippen molar-refractivity contribution >= 4 is 33.4 Å². The van der Waals surface area contributed by atoms with Gasteiger partial charge < -0.3 is 15.1 Å². The number of carbonyl (C=O) groups excluding carboxylic acids is 2. The van der Waals surface area contributed by atoms with Gasteiger partial charge in [0.25, 0.3) is 11.8 Å². The summed E-state index contributed by atoms with van der Waals surface area (Å²) in [6.07, 6.45) is 1.56. The maximum absolute atomic E-state index is 12.2. The molecule has 0 spiro atoms. The first kappa shape index (κ1) is 17.0. The van der Waals surface area contributed by atoms with E-state index in [2.05, 4.69) is 26.6 Å². The molecule has 5 nitrogen and oxygen atoms in total. The average molecular weight is 399 g/mol. The third-order valence-corrected chi connectivity index (χ3v) is 4.02. The van der Waals surface area contributed by atoms with Gasteiger partial charge >= 0.3 is 0 Å². The fraction of sp³-hybridized carbons (Fsp3) is 0.0526. The molecule has 1 heterocycles. The molecule has 0 saturated carbocycles. The van der Waals surface area contributed by atoms with E-state index in [1.54, 1.807) is 66.9 Å². The van der Waals surface area contributed by atoms with Gasteiger partial charge in [-0.3, -0.25) is 9.59 Å². The van der Waals surface area contributed by atoms with Crippen molar-refractivity contribution in [3.05, 3.63) is 88.3 Å². The second-order valence-corrected chi connectivity index (χ2v) is 6.22. The number of halogens is 1. The summed E-state index contributed by atoms with van der Waals surface area (Å²) >= 11 is 3.33. The van der Waals surface area contributed by atoms with E-state index in [-0.39, 0.29) is 11.8 Å². The lowest BCUT2D eigenvalue weighted by Gasteiger charge is -2.08. The van der Waals surface area contributed by atoms with Crippen molar-refractivity contribution in [1.29, 1.82) is 0 Å². The maximum atomic E-state index is 12.2. The number of carbonyl (C=O) groups is 2. The largest absolute Gasteiger partial charge is 0.467 e. The molecule has 0 radical (unpaired) electrons. The topological polar surface area (TPSA) is 71.3 Å². The Morgan fingerprint density at radius 1 is 0.920 bits per heavy atom. The predicted octanol–water partition coefficient (Wildman–Crippen LogP) is 4.22. The highest BCUT2D eigenvalue weighted by atomic mass is 79.9. The SMILES string of the molecule is O=C(NCc1ccco1)c1cccc(NC(=O)c2ccc(Br)cc2)c1. The fourth-order valence-corrected chi connectivity index (χ4v) is 2.49. The van der Waals surface area contributed by atoms with E-state index >= 15 is 0 Å². The number of benzene rings is 2. The lowest BCUT2D eigenvalue weighted by molar-refractivity contribution is 0.0946. The van der Waals surface area contributed by atoms with Crippen LogP contribution in [0.4, 0.5) is 5.69 Å². The van der Waals surface area contributed by atoms with E-state index in [1.807, 2.05) is 0 Å². The number of furan rings is 1. The van der Waals surface area contributed by atoms with Crippen molar-refractivity contribution in [2.24, 2.45) is 0 Å². The maximum Gasteiger partial charge on any atom is 0.255 e. The van der Waals surface area contributed by atoms with Gasteiger partial charge in [0.2, 0.25) is 0 Å². The van der Waals surface area contributed by atoms with Gasteiger partial charge in [-0.1, -0.05) is 22.0 Å². The van der Waals surface area contributed by atoms with Gasteiger partial charge in [-0.15, -0.1) is 0 Å². The Hall–Kier alpha value is -2.86. The molecule has 0 aliphatic heterocycles. The first-order valence-electron chi connectivity index (χ1n) is 7.59. The second-order valence-electron chi connectivity index (χ2n) is 5.30. The first-order valence-corrected chi connectivity index (χ1v) is 8.39. The molecule has 0 unspecified atom stereocenters. The highest BCUT2D eigenvalue weighted by Crippen LogP contribution is 2.15. The highest BCUT2D eigenvalue weighted by Gasteiger charge is 2.10. The molecular formula is C19H15BrN2O3. The zero-order chi connectivity index (χ0) is 17.6. The van der Waals surface area contributed by atoms with Crippen molar-refractivity contribution in [1.82, 2.24) is 5.32 Å². The molecule has 2 aromatic carbocycles. The van der Waals surface area contributed by atoms with Gasteiger partial charge in [0.1, 0.15) is 5.76 Å². The molecule has 0 aliphatic carbocycles. The van der Waals surface area contributed by atoms with E-state index in [1.165, 1.54) is 0 Å². The van der Waals surface area contributed by atoms with Gasteiger partial charge in [0, 0.05) is 21.3 Å². The summed E-state index contributed by atoms with van der Waals surface area (Å²) in [5, 5.41) is 5.56. The number of amides is 2. The van der Waals surface area contributed by atoms with Crippen LogP contribution in [-0.4, -0.2) is 11.8 Å². The molecule has 3 rings (SSSR count). The zero-order valence-corrected chi connectivity index (χ0v) is 14.7. The third kappa shape index (κ3) is 4.58. The summed E-state index contributed by atoms with van der Waals surface area (Å²) < 4.78 is 6.08. The lowest BCUT2D eigenvalue weighted by atomic mass is 10.1. The second kappa shape index (κ2) is 7.81. The average Bonchev–Trinajstić information content (AvgIpc) is 3.14. The summed E-state index contributed by atoms with van der Waals surface area (Å²) in [6, 6.07) is 17.4. The van der Waals surface area contributed by atoms with E-state index < -0.39 is 0 Å². The Balaban J connectivity index is 1.65. The molecule has 0 saturated heterocycles. The summed E-state index contributed by atoms with van der Waals surface area (Å²) in [6.45, 7) is 0.307. The van der Waals surface area contributed by atoms with Crippen LogP contribution in [-0.2, 0) is 6.54 Å². The van der Waals surface area contributed by atoms with Crippen LogP contribution in [0.1, 0.15) is 26.5 Å². The monoisotopic (exact) mass is 398 g/mol. The van der Waals surface area contributed by atoms with Crippen LogP contribution < -0.4 is 10.6 Å². The minimum Gasteiger partial charge on any atom is -0.467 e. The number of anilines is 1. The molecular weight excluding hydrogens is 384 g/mol. The fourth-order valence-electron chi connectivity index (χ4n) is 2.23. The van der Waals surface area contributed by atoms with Crippen molar-refractivity contribution in [3.63, 3.8) is 0 Å². The molecule has 3 aromatic rings. The minimum atomic E-state index is -0.240. The van der Waals surface area contributed by atoms with E-state index in [0.29, 0.717) is 29.1 Å². The number of rotatable bonds is 5. The minimum absolute atomic E-state index is 0.236. The van der Waals surface area contributed by atoms with Crippen LogP contribution in [0.5, 0.6) is 0 Å². The van der Waals surface area contributed by atoms with Crippen molar-refractivity contribution in [2.75, 3.05) is 5.32 Å². The number of hydrogen-bond donors (Lipinski definition) is 2. The smallest absolute Gasteiger partial charge is 0.255 e. The first-order chi connectivity index (χ1) is 12.1. The summed E-state index contributed by atoms with van der Waals surface area (Å²) in [5.41, 5.74) is 1.55. The Labute approximate surface area is 153 Å². The molecule has 126 valence electrons. The Bertz CT molecular complexity index is 874. The van der Waals surface area contributed by atoms with Gasteiger partial charge in [-0.25, -0.2) is 0 Å².